The van der Waals surface area contributed by atoms with Crippen LogP contribution in [0.3, 0.4) is 0 Å². The largest absolute Gasteiger partial charge is 0.489 e. The molecule has 0 aliphatic carbocycles. The van der Waals surface area contributed by atoms with Crippen molar-refractivity contribution in [2.45, 2.75) is 53.2 Å². The second-order valence-corrected chi connectivity index (χ2v) is 10.1. The van der Waals surface area contributed by atoms with E-state index in [0.717, 1.165) is 36.5 Å². The van der Waals surface area contributed by atoms with Gasteiger partial charge in [-0.05, 0) is 42.2 Å². The summed E-state index contributed by atoms with van der Waals surface area (Å²) in [6.45, 7) is 11.6. The molecule has 1 unspecified atom stereocenters. The maximum absolute atomic E-state index is 12.3. The summed E-state index contributed by atoms with van der Waals surface area (Å²) < 4.78 is 5.97. The zero-order valence-electron chi connectivity index (χ0n) is 23.4. The topological polar surface area (TPSA) is 108 Å². The molecular weight excluding hydrogens is 492 g/mol. The van der Waals surface area contributed by atoms with E-state index in [1.807, 2.05) is 45.0 Å². The van der Waals surface area contributed by atoms with Crippen LogP contribution in [0.1, 0.15) is 56.7 Å². The lowest BCUT2D eigenvalue weighted by Crippen LogP contribution is -2.47. The summed E-state index contributed by atoms with van der Waals surface area (Å²) in [5.74, 6) is 5.36. The fourth-order valence-corrected chi connectivity index (χ4v) is 4.47. The molecule has 2 aromatic rings. The van der Waals surface area contributed by atoms with Gasteiger partial charge in [-0.1, -0.05) is 63.1 Å². The van der Waals surface area contributed by atoms with Gasteiger partial charge in [0.15, 0.2) is 0 Å². The molecule has 0 spiro atoms. The van der Waals surface area contributed by atoms with Crippen molar-refractivity contribution >= 4 is 17.8 Å². The second-order valence-electron chi connectivity index (χ2n) is 10.1. The third kappa shape index (κ3) is 8.59. The Hall–Kier alpha value is -3.83. The van der Waals surface area contributed by atoms with Crippen molar-refractivity contribution in [1.82, 2.24) is 9.80 Å². The predicted octanol–water partition coefficient (Wildman–Crippen LogP) is 4.73. The van der Waals surface area contributed by atoms with Crippen LogP contribution >= 0.6 is 0 Å². The number of nitrogens with zero attached hydrogens (tertiary/aromatic N) is 3. The molecule has 208 valence electrons. The van der Waals surface area contributed by atoms with E-state index >= 15 is 0 Å². The van der Waals surface area contributed by atoms with Crippen molar-refractivity contribution in [2.24, 2.45) is 22.6 Å². The van der Waals surface area contributed by atoms with Crippen LogP contribution in [0.2, 0.25) is 0 Å². The Kier molecular flexibility index (Phi) is 10.9. The molecule has 2 atom stereocenters. The van der Waals surface area contributed by atoms with Crippen LogP contribution in [-0.2, 0) is 17.9 Å². The molecule has 8 heteroatoms. The summed E-state index contributed by atoms with van der Waals surface area (Å²) in [5, 5.41) is 9.56. The molecule has 0 radical (unpaired) electrons. The van der Waals surface area contributed by atoms with Gasteiger partial charge in [0.2, 0.25) is 0 Å². The summed E-state index contributed by atoms with van der Waals surface area (Å²) in [6, 6.07) is 15.6. The molecule has 39 heavy (non-hydrogen) atoms. The molecule has 1 saturated heterocycles. The number of aliphatic carboxylic acids is 1. The fraction of sp³-hybridized carbons (Fsp3) is 0.452. The van der Waals surface area contributed by atoms with Gasteiger partial charge in [-0.3, -0.25) is 9.69 Å². The standard InChI is InChI=1S/C31H40N4O4/c1-5-7-28(27(6-2)30(36)37)25-12-14-26(15-13-25)39-21-24-10-8-23(9-11-24)20-34-16-18-35(19-17-34)31(38)33-29(32)22(3)4/h8-15,22,27-28H,6,16-21H2,1-4H3,(H,36,37)(H2,32,33,38)/t27?,28-/m1/s1. The number of amidine groups is 1. The maximum Gasteiger partial charge on any atom is 0.345 e. The number of urea groups is 1. The first kappa shape index (κ1) is 29.7. The number of ether oxygens (including phenoxy) is 1. The summed E-state index contributed by atoms with van der Waals surface area (Å²) in [6.07, 6.45) is 0.516. The maximum atomic E-state index is 12.3. The number of carbonyl (C=O) groups excluding carboxylic acids is 1. The molecular formula is C31H40N4O4. The van der Waals surface area contributed by atoms with Crippen molar-refractivity contribution in [2.75, 3.05) is 26.2 Å². The third-order valence-electron chi connectivity index (χ3n) is 6.99. The number of benzene rings is 2. The quantitative estimate of drug-likeness (QED) is 0.260. The van der Waals surface area contributed by atoms with Crippen LogP contribution < -0.4 is 10.5 Å². The number of nitrogens with two attached hydrogens (primary N) is 1. The van der Waals surface area contributed by atoms with E-state index in [1.54, 1.807) is 11.8 Å². The minimum atomic E-state index is -0.830. The van der Waals surface area contributed by atoms with E-state index in [9.17, 15) is 14.7 Å². The van der Waals surface area contributed by atoms with E-state index in [4.69, 9.17) is 10.5 Å². The Morgan fingerprint density at radius 3 is 2.18 bits per heavy atom. The first-order valence-electron chi connectivity index (χ1n) is 13.5. The first-order chi connectivity index (χ1) is 18.7. The molecule has 3 rings (SSSR count). The summed E-state index contributed by atoms with van der Waals surface area (Å²) in [4.78, 5) is 32.1. The molecule has 2 aromatic carbocycles. The summed E-state index contributed by atoms with van der Waals surface area (Å²) in [7, 11) is 0. The minimum Gasteiger partial charge on any atom is -0.489 e. The van der Waals surface area contributed by atoms with Crippen molar-refractivity contribution in [3.05, 3.63) is 65.2 Å². The molecule has 0 aromatic heterocycles. The van der Waals surface area contributed by atoms with E-state index < -0.39 is 11.9 Å². The van der Waals surface area contributed by atoms with Gasteiger partial charge in [-0.25, -0.2) is 4.79 Å². The Bertz CT molecular complexity index is 1190. The van der Waals surface area contributed by atoms with Gasteiger partial charge in [0.05, 0.1) is 11.8 Å². The number of carbonyl (C=O) groups is 2. The molecule has 0 saturated carbocycles. The number of carboxylic acids is 1. The van der Waals surface area contributed by atoms with E-state index in [-0.39, 0.29) is 17.9 Å². The zero-order valence-corrected chi connectivity index (χ0v) is 23.4. The van der Waals surface area contributed by atoms with Gasteiger partial charge in [0.25, 0.3) is 0 Å². The predicted molar refractivity (Wildman–Crippen MR) is 154 cm³/mol. The van der Waals surface area contributed by atoms with Gasteiger partial charge in [-0.15, -0.1) is 5.92 Å². The van der Waals surface area contributed by atoms with Crippen molar-refractivity contribution < 1.29 is 19.4 Å². The highest BCUT2D eigenvalue weighted by Gasteiger charge is 2.26. The molecule has 1 aliphatic heterocycles. The summed E-state index contributed by atoms with van der Waals surface area (Å²) in [5.41, 5.74) is 8.98. The molecule has 1 fully saturated rings. The number of hydrogen-bond acceptors (Lipinski definition) is 4. The molecule has 8 nitrogen and oxygen atoms in total. The number of piperazine rings is 1. The van der Waals surface area contributed by atoms with Crippen molar-refractivity contribution in [3.63, 3.8) is 0 Å². The highest BCUT2D eigenvalue weighted by molar-refractivity contribution is 5.93. The van der Waals surface area contributed by atoms with Crippen LogP contribution in [0, 0.1) is 23.7 Å². The Morgan fingerprint density at radius 1 is 1.03 bits per heavy atom. The normalized spacial score (nSPS) is 15.8. The Morgan fingerprint density at radius 2 is 1.64 bits per heavy atom. The highest BCUT2D eigenvalue weighted by atomic mass is 16.5. The first-order valence-corrected chi connectivity index (χ1v) is 13.5. The average Bonchev–Trinajstić information content (AvgIpc) is 2.93. The SMILES string of the molecule is CC#C[C@H](c1ccc(OCc2ccc(CN3CCN(C(=O)N=C(N)C(C)C)CC3)cc2)cc1)C(CC)C(=O)O. The summed E-state index contributed by atoms with van der Waals surface area (Å²) >= 11 is 0. The van der Waals surface area contributed by atoms with Gasteiger partial charge >= 0.3 is 12.0 Å². The molecule has 2 amide bonds. The lowest BCUT2D eigenvalue weighted by Gasteiger charge is -2.33. The van der Waals surface area contributed by atoms with Gasteiger partial charge in [0, 0.05) is 38.6 Å². The van der Waals surface area contributed by atoms with Gasteiger partial charge < -0.3 is 20.5 Å². The smallest absolute Gasteiger partial charge is 0.345 e. The Balaban J connectivity index is 1.49. The van der Waals surface area contributed by atoms with Crippen LogP contribution in [0.15, 0.2) is 53.5 Å². The van der Waals surface area contributed by atoms with Gasteiger partial charge in [0.1, 0.15) is 18.2 Å². The number of amides is 2. The minimum absolute atomic E-state index is 0.0573. The lowest BCUT2D eigenvalue weighted by molar-refractivity contribution is -0.142. The highest BCUT2D eigenvalue weighted by Crippen LogP contribution is 2.29. The van der Waals surface area contributed by atoms with Crippen molar-refractivity contribution in [3.8, 4) is 17.6 Å². The molecule has 0 bridgehead atoms. The van der Waals surface area contributed by atoms with Crippen LogP contribution in [0.5, 0.6) is 5.75 Å². The molecule has 1 heterocycles. The van der Waals surface area contributed by atoms with E-state index in [2.05, 4.69) is 46.0 Å². The van der Waals surface area contributed by atoms with E-state index in [0.29, 0.717) is 32.0 Å². The monoisotopic (exact) mass is 532 g/mol. The van der Waals surface area contributed by atoms with Crippen LogP contribution in [-0.4, -0.2) is 58.9 Å². The average molecular weight is 533 g/mol. The lowest BCUT2D eigenvalue weighted by atomic mass is 9.84. The van der Waals surface area contributed by atoms with Crippen LogP contribution in [0.4, 0.5) is 4.79 Å². The van der Waals surface area contributed by atoms with Crippen LogP contribution in [0.25, 0.3) is 0 Å². The number of carboxylic acid groups (broad SMARTS) is 1. The van der Waals surface area contributed by atoms with Gasteiger partial charge in [-0.2, -0.15) is 4.99 Å². The van der Waals surface area contributed by atoms with Crippen molar-refractivity contribution in [1.29, 1.82) is 0 Å². The second kappa shape index (κ2) is 14.4. The third-order valence-corrected chi connectivity index (χ3v) is 6.99. The zero-order chi connectivity index (χ0) is 28.4. The molecule has 3 N–H and O–H groups in total. The Labute approximate surface area is 231 Å². The number of hydrogen-bond donors (Lipinski definition) is 2. The molecule has 1 aliphatic rings. The number of rotatable bonds is 10. The van der Waals surface area contributed by atoms with E-state index in [1.165, 1.54) is 5.56 Å². The number of aliphatic imine (C=N–C) groups is 1. The fourth-order valence-electron chi connectivity index (χ4n) is 4.47.